The molecule has 1 aliphatic rings. The summed E-state index contributed by atoms with van der Waals surface area (Å²) >= 11 is 0. The number of aliphatic hydroxyl groups is 1. The van der Waals surface area contributed by atoms with E-state index in [0.717, 1.165) is 5.56 Å². The standard InChI is InChI=1S/C12H14O3/c1-8-2-4-9(5-3-8)10-6-12(14)15-11(10)7-13/h2-5,10-11,13H,6-7H2,1H3/t10-,11+/m1/s1. The van der Waals surface area contributed by atoms with E-state index in [1.54, 1.807) is 0 Å². The molecule has 0 unspecified atom stereocenters. The molecule has 0 aromatic heterocycles. The summed E-state index contributed by atoms with van der Waals surface area (Å²) in [4.78, 5) is 11.1. The smallest absolute Gasteiger partial charge is 0.306 e. The average molecular weight is 206 g/mol. The molecule has 3 nitrogen and oxygen atoms in total. The second kappa shape index (κ2) is 4.03. The van der Waals surface area contributed by atoms with Crippen LogP contribution in [0.25, 0.3) is 0 Å². The Labute approximate surface area is 88.7 Å². The molecule has 1 aliphatic heterocycles. The Balaban J connectivity index is 2.22. The van der Waals surface area contributed by atoms with Crippen LogP contribution in [0.4, 0.5) is 0 Å². The molecule has 0 saturated carbocycles. The number of hydrogen-bond donors (Lipinski definition) is 1. The maximum absolute atomic E-state index is 11.1. The van der Waals surface area contributed by atoms with Gasteiger partial charge in [-0.1, -0.05) is 29.8 Å². The molecule has 15 heavy (non-hydrogen) atoms. The van der Waals surface area contributed by atoms with Gasteiger partial charge in [-0.05, 0) is 12.5 Å². The van der Waals surface area contributed by atoms with Crippen molar-refractivity contribution in [1.82, 2.24) is 0 Å². The zero-order valence-corrected chi connectivity index (χ0v) is 8.64. The van der Waals surface area contributed by atoms with Gasteiger partial charge < -0.3 is 9.84 Å². The number of cyclic esters (lactones) is 1. The quantitative estimate of drug-likeness (QED) is 0.744. The Morgan fingerprint density at radius 2 is 2.07 bits per heavy atom. The van der Waals surface area contributed by atoms with E-state index in [9.17, 15) is 4.79 Å². The first-order chi connectivity index (χ1) is 7.20. The van der Waals surface area contributed by atoms with Crippen LogP contribution in [0.1, 0.15) is 23.5 Å². The van der Waals surface area contributed by atoms with Gasteiger partial charge in [0.2, 0.25) is 0 Å². The number of rotatable bonds is 2. The highest BCUT2D eigenvalue weighted by Gasteiger charge is 2.35. The topological polar surface area (TPSA) is 46.5 Å². The van der Waals surface area contributed by atoms with Crippen LogP contribution < -0.4 is 0 Å². The van der Waals surface area contributed by atoms with Crippen molar-refractivity contribution in [3.63, 3.8) is 0 Å². The van der Waals surface area contributed by atoms with Crippen molar-refractivity contribution < 1.29 is 14.6 Å². The van der Waals surface area contributed by atoms with Gasteiger partial charge in [-0.3, -0.25) is 4.79 Å². The first-order valence-corrected chi connectivity index (χ1v) is 5.07. The summed E-state index contributed by atoms with van der Waals surface area (Å²) < 4.78 is 5.02. The van der Waals surface area contributed by atoms with Gasteiger partial charge >= 0.3 is 5.97 Å². The second-order valence-corrected chi connectivity index (χ2v) is 3.93. The minimum atomic E-state index is -0.375. The summed E-state index contributed by atoms with van der Waals surface area (Å²) in [5, 5.41) is 9.09. The summed E-state index contributed by atoms with van der Waals surface area (Å²) in [6, 6.07) is 7.99. The molecule has 0 bridgehead atoms. The van der Waals surface area contributed by atoms with Crippen LogP contribution in [0, 0.1) is 6.92 Å². The molecule has 80 valence electrons. The lowest BCUT2D eigenvalue weighted by atomic mass is 9.92. The number of benzene rings is 1. The van der Waals surface area contributed by atoms with E-state index >= 15 is 0 Å². The van der Waals surface area contributed by atoms with E-state index in [4.69, 9.17) is 9.84 Å². The molecule has 0 spiro atoms. The van der Waals surface area contributed by atoms with Gasteiger partial charge in [0.15, 0.2) is 0 Å². The SMILES string of the molecule is Cc1ccc([C@H]2CC(=O)O[C@H]2CO)cc1. The van der Waals surface area contributed by atoms with Crippen molar-refractivity contribution in [2.24, 2.45) is 0 Å². The van der Waals surface area contributed by atoms with Crippen LogP contribution in [-0.2, 0) is 9.53 Å². The Bertz CT molecular complexity index is 356. The molecule has 1 aromatic rings. The summed E-state index contributed by atoms with van der Waals surface area (Å²) in [5.41, 5.74) is 2.25. The fourth-order valence-electron chi connectivity index (χ4n) is 1.92. The summed E-state index contributed by atoms with van der Waals surface area (Å²) in [7, 11) is 0. The van der Waals surface area contributed by atoms with Crippen molar-refractivity contribution in [3.8, 4) is 0 Å². The summed E-state index contributed by atoms with van der Waals surface area (Å²) in [6.45, 7) is 1.91. The van der Waals surface area contributed by atoms with Gasteiger partial charge in [0.1, 0.15) is 6.10 Å². The maximum Gasteiger partial charge on any atom is 0.306 e. The molecule has 1 heterocycles. The predicted molar refractivity (Wildman–Crippen MR) is 55.5 cm³/mol. The molecule has 1 fully saturated rings. The highest BCUT2D eigenvalue weighted by Crippen LogP contribution is 2.31. The van der Waals surface area contributed by atoms with Gasteiger partial charge in [-0.2, -0.15) is 0 Å². The highest BCUT2D eigenvalue weighted by molar-refractivity contribution is 5.73. The molecule has 0 aliphatic carbocycles. The van der Waals surface area contributed by atoms with Gasteiger partial charge in [-0.25, -0.2) is 0 Å². The number of ether oxygens (including phenoxy) is 1. The molecule has 1 saturated heterocycles. The van der Waals surface area contributed by atoms with E-state index in [1.165, 1.54) is 5.56 Å². The van der Waals surface area contributed by atoms with Gasteiger partial charge in [0, 0.05) is 5.92 Å². The first kappa shape index (κ1) is 10.2. The molecule has 1 N–H and O–H groups in total. The molecular weight excluding hydrogens is 192 g/mol. The van der Waals surface area contributed by atoms with Crippen LogP contribution in [0.5, 0.6) is 0 Å². The van der Waals surface area contributed by atoms with E-state index in [2.05, 4.69) is 0 Å². The number of aryl methyl sites for hydroxylation is 1. The molecule has 1 aromatic carbocycles. The van der Waals surface area contributed by atoms with Crippen molar-refractivity contribution in [2.75, 3.05) is 6.61 Å². The van der Waals surface area contributed by atoms with Crippen molar-refractivity contribution in [2.45, 2.75) is 25.4 Å². The third-order valence-corrected chi connectivity index (χ3v) is 2.80. The molecule has 0 radical (unpaired) electrons. The van der Waals surface area contributed by atoms with Crippen LogP contribution in [0.2, 0.25) is 0 Å². The number of hydrogen-bond acceptors (Lipinski definition) is 3. The van der Waals surface area contributed by atoms with Crippen molar-refractivity contribution in [1.29, 1.82) is 0 Å². The fourth-order valence-corrected chi connectivity index (χ4v) is 1.92. The monoisotopic (exact) mass is 206 g/mol. The van der Waals surface area contributed by atoms with E-state index in [-0.39, 0.29) is 24.6 Å². The van der Waals surface area contributed by atoms with Crippen molar-refractivity contribution >= 4 is 5.97 Å². The zero-order chi connectivity index (χ0) is 10.8. The molecule has 2 atom stereocenters. The van der Waals surface area contributed by atoms with E-state index in [1.807, 2.05) is 31.2 Å². The number of esters is 1. The molecule has 0 amide bonds. The fraction of sp³-hybridized carbons (Fsp3) is 0.417. The minimum absolute atomic E-state index is 0.00287. The zero-order valence-electron chi connectivity index (χ0n) is 8.64. The average Bonchev–Trinajstić information content (AvgIpc) is 2.61. The van der Waals surface area contributed by atoms with Crippen LogP contribution in [0.3, 0.4) is 0 Å². The third kappa shape index (κ3) is 2.02. The van der Waals surface area contributed by atoms with Crippen LogP contribution >= 0.6 is 0 Å². The Morgan fingerprint density at radius 3 is 2.67 bits per heavy atom. The molecular formula is C12H14O3. The lowest BCUT2D eigenvalue weighted by molar-refractivity contribution is -0.142. The first-order valence-electron chi connectivity index (χ1n) is 5.07. The van der Waals surface area contributed by atoms with Gasteiger partial charge in [-0.15, -0.1) is 0 Å². The van der Waals surface area contributed by atoms with Gasteiger partial charge in [0.05, 0.1) is 13.0 Å². The highest BCUT2D eigenvalue weighted by atomic mass is 16.6. The maximum atomic E-state index is 11.1. The lowest BCUT2D eigenvalue weighted by Crippen LogP contribution is -2.18. The normalized spacial score (nSPS) is 25.3. The Kier molecular flexibility index (Phi) is 2.73. The number of carbonyl (C=O) groups excluding carboxylic acids is 1. The number of carbonyl (C=O) groups is 1. The minimum Gasteiger partial charge on any atom is -0.459 e. The van der Waals surface area contributed by atoms with Crippen molar-refractivity contribution in [3.05, 3.63) is 35.4 Å². The van der Waals surface area contributed by atoms with E-state index < -0.39 is 0 Å². The lowest BCUT2D eigenvalue weighted by Gasteiger charge is -2.15. The Hall–Kier alpha value is -1.35. The van der Waals surface area contributed by atoms with Crippen LogP contribution in [-0.4, -0.2) is 23.8 Å². The Morgan fingerprint density at radius 1 is 1.40 bits per heavy atom. The van der Waals surface area contributed by atoms with E-state index in [0.29, 0.717) is 6.42 Å². The molecule has 3 heteroatoms. The third-order valence-electron chi connectivity index (χ3n) is 2.80. The van der Waals surface area contributed by atoms with Crippen LogP contribution in [0.15, 0.2) is 24.3 Å². The number of aliphatic hydroxyl groups excluding tert-OH is 1. The molecule has 2 rings (SSSR count). The summed E-state index contributed by atoms with van der Waals surface area (Å²) in [6.07, 6.45) is -0.00548. The van der Waals surface area contributed by atoms with Gasteiger partial charge in [0.25, 0.3) is 0 Å². The second-order valence-electron chi connectivity index (χ2n) is 3.93. The summed E-state index contributed by atoms with van der Waals surface area (Å²) in [5.74, 6) is -0.220. The largest absolute Gasteiger partial charge is 0.459 e. The predicted octanol–water partition coefficient (Wildman–Crippen LogP) is 1.39.